The van der Waals surface area contributed by atoms with Crippen molar-refractivity contribution in [3.63, 3.8) is 0 Å². The van der Waals surface area contributed by atoms with Crippen LogP contribution in [0.5, 0.6) is 0 Å². The molecule has 1 aromatic heterocycles. The second kappa shape index (κ2) is 8.87. The van der Waals surface area contributed by atoms with Gasteiger partial charge in [0.15, 0.2) is 0 Å². The van der Waals surface area contributed by atoms with E-state index in [0.29, 0.717) is 23.0 Å². The first kappa shape index (κ1) is 19.2. The van der Waals surface area contributed by atoms with Crippen molar-refractivity contribution in [3.8, 4) is 16.9 Å². The predicted octanol–water partition coefficient (Wildman–Crippen LogP) is 5.42. The van der Waals surface area contributed by atoms with E-state index in [1.807, 2.05) is 55.5 Å². The highest BCUT2D eigenvalue weighted by Gasteiger charge is 2.18. The van der Waals surface area contributed by atoms with Gasteiger partial charge in [0, 0.05) is 12.1 Å². The van der Waals surface area contributed by atoms with Crippen LogP contribution in [0.25, 0.3) is 16.9 Å². The quantitative estimate of drug-likeness (QED) is 0.555. The molecule has 0 aliphatic rings. The first-order chi connectivity index (χ1) is 13.1. The summed E-state index contributed by atoms with van der Waals surface area (Å²) in [5.41, 5.74) is 4.00. The van der Waals surface area contributed by atoms with E-state index in [9.17, 15) is 4.79 Å². The van der Waals surface area contributed by atoms with Crippen molar-refractivity contribution < 1.29 is 4.79 Å². The first-order valence-electron chi connectivity index (χ1n) is 9.30. The van der Waals surface area contributed by atoms with Gasteiger partial charge in [-0.1, -0.05) is 67.3 Å². The smallest absolute Gasteiger partial charge is 0.270 e. The van der Waals surface area contributed by atoms with Crippen molar-refractivity contribution in [1.29, 1.82) is 0 Å². The van der Waals surface area contributed by atoms with Crippen LogP contribution in [-0.2, 0) is 0 Å². The molecule has 0 radical (unpaired) electrons. The summed E-state index contributed by atoms with van der Waals surface area (Å²) in [4.78, 5) is 12.8. The number of halogens is 1. The molecule has 0 unspecified atom stereocenters. The van der Waals surface area contributed by atoms with Crippen LogP contribution in [0.2, 0.25) is 5.02 Å². The lowest BCUT2D eigenvalue weighted by atomic mass is 10.1. The maximum absolute atomic E-state index is 12.8. The number of carbonyl (C=O) groups excluding carboxylic acids is 1. The van der Waals surface area contributed by atoms with E-state index in [1.165, 1.54) is 0 Å². The normalized spacial score (nSPS) is 10.8. The minimum Gasteiger partial charge on any atom is -0.351 e. The zero-order chi connectivity index (χ0) is 19.2. The van der Waals surface area contributed by atoms with Crippen LogP contribution in [0.15, 0.2) is 54.6 Å². The number of benzene rings is 2. The Morgan fingerprint density at radius 2 is 1.85 bits per heavy atom. The standard InChI is InChI=1S/C22H24ClN3O/c1-3-4-7-14-24-22(27)21-15-20(18-8-5-6-9-19(18)23)25-26(21)17-12-10-16(2)11-13-17/h5-6,8-13,15H,3-4,7,14H2,1-2H3,(H,24,27). The minimum absolute atomic E-state index is 0.127. The van der Waals surface area contributed by atoms with E-state index in [0.717, 1.165) is 36.1 Å². The molecule has 2 aromatic carbocycles. The molecule has 140 valence electrons. The van der Waals surface area contributed by atoms with Crippen LogP contribution in [0, 0.1) is 6.92 Å². The fourth-order valence-corrected chi connectivity index (χ4v) is 3.13. The number of nitrogens with zero attached hydrogens (tertiary/aromatic N) is 2. The van der Waals surface area contributed by atoms with Crippen molar-refractivity contribution in [2.24, 2.45) is 0 Å². The van der Waals surface area contributed by atoms with Crippen LogP contribution >= 0.6 is 11.6 Å². The van der Waals surface area contributed by atoms with Gasteiger partial charge in [-0.15, -0.1) is 0 Å². The van der Waals surface area contributed by atoms with E-state index < -0.39 is 0 Å². The Hall–Kier alpha value is -2.59. The summed E-state index contributed by atoms with van der Waals surface area (Å²) in [6.07, 6.45) is 3.19. The van der Waals surface area contributed by atoms with Gasteiger partial charge in [-0.25, -0.2) is 4.68 Å². The number of hydrogen-bond acceptors (Lipinski definition) is 2. The van der Waals surface area contributed by atoms with Crippen LogP contribution < -0.4 is 5.32 Å². The van der Waals surface area contributed by atoms with Crippen LogP contribution in [0.4, 0.5) is 0 Å². The molecule has 0 atom stereocenters. The van der Waals surface area contributed by atoms with Gasteiger partial charge in [-0.2, -0.15) is 5.10 Å². The molecule has 0 bridgehead atoms. The lowest BCUT2D eigenvalue weighted by molar-refractivity contribution is 0.0945. The van der Waals surface area contributed by atoms with E-state index in [4.69, 9.17) is 11.6 Å². The van der Waals surface area contributed by atoms with Gasteiger partial charge in [-0.3, -0.25) is 4.79 Å². The van der Waals surface area contributed by atoms with E-state index in [1.54, 1.807) is 10.7 Å². The third-order valence-electron chi connectivity index (χ3n) is 4.44. The number of aryl methyl sites for hydroxylation is 1. The van der Waals surface area contributed by atoms with Crippen molar-refractivity contribution in [2.45, 2.75) is 33.1 Å². The van der Waals surface area contributed by atoms with Crippen molar-refractivity contribution in [2.75, 3.05) is 6.54 Å². The molecule has 27 heavy (non-hydrogen) atoms. The minimum atomic E-state index is -0.127. The molecule has 0 saturated carbocycles. The van der Waals surface area contributed by atoms with Gasteiger partial charge in [0.05, 0.1) is 16.4 Å². The lowest BCUT2D eigenvalue weighted by Crippen LogP contribution is -2.26. The summed E-state index contributed by atoms with van der Waals surface area (Å²) in [5.74, 6) is -0.127. The van der Waals surface area contributed by atoms with E-state index in [-0.39, 0.29) is 5.91 Å². The third kappa shape index (κ3) is 4.58. The van der Waals surface area contributed by atoms with Crippen LogP contribution in [-0.4, -0.2) is 22.2 Å². The molecule has 1 amide bonds. The largest absolute Gasteiger partial charge is 0.351 e. The Balaban J connectivity index is 1.98. The second-order valence-corrected chi connectivity index (χ2v) is 7.01. The van der Waals surface area contributed by atoms with Gasteiger partial charge >= 0.3 is 0 Å². The summed E-state index contributed by atoms with van der Waals surface area (Å²) in [6, 6.07) is 17.3. The number of unbranched alkanes of at least 4 members (excludes halogenated alkanes) is 2. The number of aromatic nitrogens is 2. The molecule has 4 nitrogen and oxygen atoms in total. The molecule has 0 fully saturated rings. The number of rotatable bonds is 7. The van der Waals surface area contributed by atoms with Gasteiger partial charge in [-0.05, 0) is 37.6 Å². The summed E-state index contributed by atoms with van der Waals surface area (Å²) >= 11 is 6.34. The molecule has 3 rings (SSSR count). The van der Waals surface area contributed by atoms with Gasteiger partial charge in [0.2, 0.25) is 0 Å². The SMILES string of the molecule is CCCCCNC(=O)c1cc(-c2ccccc2Cl)nn1-c1ccc(C)cc1. The van der Waals surface area contributed by atoms with Crippen molar-refractivity contribution in [1.82, 2.24) is 15.1 Å². The monoisotopic (exact) mass is 381 g/mol. The fourth-order valence-electron chi connectivity index (χ4n) is 2.89. The third-order valence-corrected chi connectivity index (χ3v) is 4.77. The maximum Gasteiger partial charge on any atom is 0.270 e. The molecular weight excluding hydrogens is 358 g/mol. The molecule has 1 heterocycles. The van der Waals surface area contributed by atoms with E-state index in [2.05, 4.69) is 17.3 Å². The number of carbonyl (C=O) groups is 1. The topological polar surface area (TPSA) is 46.9 Å². The molecule has 3 aromatic rings. The van der Waals surface area contributed by atoms with Gasteiger partial charge < -0.3 is 5.32 Å². The van der Waals surface area contributed by atoms with Gasteiger partial charge in [0.25, 0.3) is 5.91 Å². The number of amides is 1. The summed E-state index contributed by atoms with van der Waals surface area (Å²) in [6.45, 7) is 4.83. The molecule has 5 heteroatoms. The number of hydrogen-bond donors (Lipinski definition) is 1. The maximum atomic E-state index is 12.8. The van der Waals surface area contributed by atoms with Crippen molar-refractivity contribution >= 4 is 17.5 Å². The Morgan fingerprint density at radius 1 is 1.11 bits per heavy atom. The predicted molar refractivity (Wildman–Crippen MR) is 111 cm³/mol. The zero-order valence-electron chi connectivity index (χ0n) is 15.7. The number of nitrogens with one attached hydrogen (secondary N) is 1. The molecule has 1 N–H and O–H groups in total. The average Bonchev–Trinajstić information content (AvgIpc) is 3.11. The molecular formula is C22H24ClN3O. The summed E-state index contributed by atoms with van der Waals surface area (Å²) in [5, 5.41) is 8.29. The van der Waals surface area contributed by atoms with Crippen LogP contribution in [0.1, 0.15) is 42.2 Å². The lowest BCUT2D eigenvalue weighted by Gasteiger charge is -2.08. The first-order valence-corrected chi connectivity index (χ1v) is 9.68. The second-order valence-electron chi connectivity index (χ2n) is 6.61. The molecule has 0 spiro atoms. The Bertz CT molecular complexity index is 916. The highest BCUT2D eigenvalue weighted by Crippen LogP contribution is 2.28. The zero-order valence-corrected chi connectivity index (χ0v) is 16.5. The average molecular weight is 382 g/mol. The van der Waals surface area contributed by atoms with Gasteiger partial charge in [0.1, 0.15) is 5.69 Å². The Kier molecular flexibility index (Phi) is 6.30. The Labute approximate surface area is 165 Å². The summed E-state index contributed by atoms with van der Waals surface area (Å²) in [7, 11) is 0. The van der Waals surface area contributed by atoms with Crippen molar-refractivity contribution in [3.05, 3.63) is 70.9 Å². The fraction of sp³-hybridized carbons (Fsp3) is 0.273. The Morgan fingerprint density at radius 3 is 2.56 bits per heavy atom. The molecule has 0 aliphatic heterocycles. The van der Waals surface area contributed by atoms with Crippen LogP contribution in [0.3, 0.4) is 0 Å². The highest BCUT2D eigenvalue weighted by molar-refractivity contribution is 6.33. The van der Waals surface area contributed by atoms with E-state index >= 15 is 0 Å². The highest BCUT2D eigenvalue weighted by atomic mass is 35.5. The molecule has 0 saturated heterocycles. The molecule has 0 aliphatic carbocycles. The summed E-state index contributed by atoms with van der Waals surface area (Å²) < 4.78 is 1.69.